The van der Waals surface area contributed by atoms with Gasteiger partial charge in [-0.2, -0.15) is 0 Å². The smallest absolute Gasteiger partial charge is 0.272 e. The molecule has 2 rings (SSSR count). The summed E-state index contributed by atoms with van der Waals surface area (Å²) >= 11 is 1.39. The molecular weight excluding hydrogens is 280 g/mol. The number of rotatable bonds is 5. The number of hydrogen-bond donors (Lipinski definition) is 2. The molecular formula is C12H14N4O3S. The fourth-order valence-corrected chi connectivity index (χ4v) is 2.35. The normalized spacial score (nSPS) is 10.3. The second-order valence-electron chi connectivity index (χ2n) is 4.23. The molecule has 0 saturated heterocycles. The van der Waals surface area contributed by atoms with E-state index in [0.29, 0.717) is 23.1 Å². The number of nitrogens with zero attached hydrogens (tertiary/aromatic N) is 2. The molecule has 0 aliphatic rings. The average Bonchev–Trinajstić information content (AvgIpc) is 2.87. The molecule has 0 bridgehead atoms. The van der Waals surface area contributed by atoms with Crippen LogP contribution in [0.3, 0.4) is 0 Å². The van der Waals surface area contributed by atoms with Crippen molar-refractivity contribution in [3.8, 4) is 5.75 Å². The summed E-state index contributed by atoms with van der Waals surface area (Å²) in [5.41, 5.74) is 3.86. The summed E-state index contributed by atoms with van der Waals surface area (Å²) in [6, 6.07) is 3.20. The van der Waals surface area contributed by atoms with Gasteiger partial charge in [0.05, 0.1) is 9.80 Å². The maximum atomic E-state index is 10.8. The van der Waals surface area contributed by atoms with Gasteiger partial charge in [-0.25, -0.2) is 10.8 Å². The number of nitrogens with two attached hydrogens (primary N) is 1. The summed E-state index contributed by atoms with van der Waals surface area (Å²) in [6.45, 7) is 3.81. The molecule has 0 saturated carbocycles. The van der Waals surface area contributed by atoms with Crippen LogP contribution in [0.4, 0.5) is 10.8 Å². The Kier molecular flexibility index (Phi) is 4.16. The quantitative estimate of drug-likeness (QED) is 0.499. The van der Waals surface area contributed by atoms with Crippen molar-refractivity contribution in [1.82, 2.24) is 4.98 Å². The Morgan fingerprint density at radius 3 is 2.80 bits per heavy atom. The lowest BCUT2D eigenvalue weighted by Crippen LogP contribution is -2.05. The number of hydrogen-bond acceptors (Lipinski definition) is 7. The molecule has 1 aromatic carbocycles. The van der Waals surface area contributed by atoms with Gasteiger partial charge in [-0.3, -0.25) is 15.5 Å². The fraction of sp³-hybridized carbons (Fsp3) is 0.250. The van der Waals surface area contributed by atoms with Crippen LogP contribution in [0.15, 0.2) is 18.3 Å². The molecule has 0 spiro atoms. The molecule has 0 aliphatic heterocycles. The van der Waals surface area contributed by atoms with E-state index >= 15 is 0 Å². The molecule has 20 heavy (non-hydrogen) atoms. The Morgan fingerprint density at radius 2 is 2.20 bits per heavy atom. The average molecular weight is 294 g/mol. The van der Waals surface area contributed by atoms with E-state index in [1.54, 1.807) is 26.1 Å². The van der Waals surface area contributed by atoms with Gasteiger partial charge in [-0.15, -0.1) is 0 Å². The SMILES string of the molecule is Cc1cc([N+](=O)[O-])c(C)cc1OCc1cnc(NN)s1. The third kappa shape index (κ3) is 3.03. The number of nitro benzene ring substituents is 1. The lowest BCUT2D eigenvalue weighted by molar-refractivity contribution is -0.385. The molecule has 3 N–H and O–H groups in total. The lowest BCUT2D eigenvalue weighted by atomic mass is 10.1. The number of nitrogen functional groups attached to an aromatic ring is 1. The number of anilines is 1. The van der Waals surface area contributed by atoms with Gasteiger partial charge < -0.3 is 4.74 Å². The Balaban J connectivity index is 2.13. The van der Waals surface area contributed by atoms with Crippen LogP contribution in [0, 0.1) is 24.0 Å². The van der Waals surface area contributed by atoms with Crippen molar-refractivity contribution in [2.45, 2.75) is 20.5 Å². The number of ether oxygens (including phenoxy) is 1. The van der Waals surface area contributed by atoms with Crippen LogP contribution in [0.5, 0.6) is 5.75 Å². The third-order valence-electron chi connectivity index (χ3n) is 2.74. The molecule has 1 heterocycles. The number of nitro groups is 1. The van der Waals surface area contributed by atoms with Crippen LogP contribution >= 0.6 is 11.3 Å². The highest BCUT2D eigenvalue weighted by molar-refractivity contribution is 7.15. The fourth-order valence-electron chi connectivity index (χ4n) is 1.72. The summed E-state index contributed by atoms with van der Waals surface area (Å²) in [6.07, 6.45) is 1.67. The van der Waals surface area contributed by atoms with Crippen molar-refractivity contribution >= 4 is 22.2 Å². The van der Waals surface area contributed by atoms with Crippen LogP contribution in [-0.2, 0) is 6.61 Å². The van der Waals surface area contributed by atoms with Gasteiger partial charge in [-0.05, 0) is 25.5 Å². The molecule has 8 heteroatoms. The highest BCUT2D eigenvalue weighted by atomic mass is 32.1. The first-order chi connectivity index (χ1) is 9.51. The summed E-state index contributed by atoms with van der Waals surface area (Å²) < 4.78 is 5.68. The topological polar surface area (TPSA) is 103 Å². The van der Waals surface area contributed by atoms with Crippen molar-refractivity contribution in [2.75, 3.05) is 5.43 Å². The first-order valence-corrected chi connectivity index (χ1v) is 6.62. The minimum atomic E-state index is -0.394. The number of thiazole rings is 1. The maximum Gasteiger partial charge on any atom is 0.272 e. The highest BCUT2D eigenvalue weighted by Crippen LogP contribution is 2.28. The Labute approximate surface area is 119 Å². The van der Waals surface area contributed by atoms with Crippen molar-refractivity contribution in [3.63, 3.8) is 0 Å². The summed E-state index contributed by atoms with van der Waals surface area (Å²) in [5.74, 6) is 5.88. The molecule has 0 radical (unpaired) electrons. The van der Waals surface area contributed by atoms with Crippen LogP contribution in [0.2, 0.25) is 0 Å². The highest BCUT2D eigenvalue weighted by Gasteiger charge is 2.14. The summed E-state index contributed by atoms with van der Waals surface area (Å²) in [7, 11) is 0. The third-order valence-corrected chi connectivity index (χ3v) is 3.64. The van der Waals surface area contributed by atoms with E-state index in [1.807, 2.05) is 0 Å². The van der Waals surface area contributed by atoms with Crippen LogP contribution in [0.1, 0.15) is 16.0 Å². The number of hydrazine groups is 1. The van der Waals surface area contributed by atoms with Crippen molar-refractivity contribution in [1.29, 1.82) is 0 Å². The van der Waals surface area contributed by atoms with E-state index in [4.69, 9.17) is 10.6 Å². The van der Waals surface area contributed by atoms with Gasteiger partial charge >= 0.3 is 0 Å². The number of aryl methyl sites for hydroxylation is 2. The minimum absolute atomic E-state index is 0.0993. The Bertz CT molecular complexity index is 642. The zero-order chi connectivity index (χ0) is 14.7. The Hall–Kier alpha value is -2.19. The van der Waals surface area contributed by atoms with Crippen LogP contribution in [-0.4, -0.2) is 9.91 Å². The van der Waals surface area contributed by atoms with Gasteiger partial charge in [0.1, 0.15) is 12.4 Å². The molecule has 0 atom stereocenters. The van der Waals surface area contributed by atoms with Crippen molar-refractivity contribution in [3.05, 3.63) is 44.4 Å². The molecule has 7 nitrogen and oxygen atoms in total. The lowest BCUT2D eigenvalue weighted by Gasteiger charge is -2.09. The minimum Gasteiger partial charge on any atom is -0.488 e. The zero-order valence-electron chi connectivity index (χ0n) is 11.0. The van der Waals surface area contributed by atoms with Crippen LogP contribution in [0.25, 0.3) is 0 Å². The van der Waals surface area contributed by atoms with E-state index in [0.717, 1.165) is 10.4 Å². The van der Waals surface area contributed by atoms with E-state index in [9.17, 15) is 10.1 Å². The van der Waals surface area contributed by atoms with E-state index in [1.165, 1.54) is 17.4 Å². The predicted molar refractivity (Wildman–Crippen MR) is 76.8 cm³/mol. The van der Waals surface area contributed by atoms with E-state index in [2.05, 4.69) is 10.4 Å². The second kappa shape index (κ2) is 5.85. The molecule has 0 aliphatic carbocycles. The molecule has 0 fully saturated rings. The first kappa shape index (κ1) is 14.2. The number of benzene rings is 1. The molecule has 1 aromatic heterocycles. The monoisotopic (exact) mass is 294 g/mol. The van der Waals surface area contributed by atoms with Gasteiger partial charge in [0.15, 0.2) is 5.13 Å². The standard InChI is InChI=1S/C12H14N4O3S/c1-7-4-11(8(2)3-10(7)16(17)18)19-6-9-5-14-12(15-13)20-9/h3-5H,6,13H2,1-2H3,(H,14,15). The van der Waals surface area contributed by atoms with E-state index < -0.39 is 4.92 Å². The maximum absolute atomic E-state index is 10.8. The number of nitrogens with one attached hydrogen (secondary N) is 1. The predicted octanol–water partition coefficient (Wildman–Crippen LogP) is 2.53. The molecule has 106 valence electrons. The summed E-state index contributed by atoms with van der Waals surface area (Å²) in [4.78, 5) is 15.4. The van der Waals surface area contributed by atoms with Gasteiger partial charge in [-0.1, -0.05) is 11.3 Å². The van der Waals surface area contributed by atoms with Crippen molar-refractivity contribution < 1.29 is 9.66 Å². The van der Waals surface area contributed by atoms with Gasteiger partial charge in [0.2, 0.25) is 0 Å². The Morgan fingerprint density at radius 1 is 1.45 bits per heavy atom. The molecule has 2 aromatic rings. The summed E-state index contributed by atoms with van der Waals surface area (Å²) in [5, 5.41) is 11.5. The van der Waals surface area contributed by atoms with Crippen molar-refractivity contribution in [2.24, 2.45) is 5.84 Å². The van der Waals surface area contributed by atoms with Gasteiger partial charge in [0.25, 0.3) is 5.69 Å². The number of aromatic nitrogens is 1. The van der Waals surface area contributed by atoms with Crippen LogP contribution < -0.4 is 16.0 Å². The second-order valence-corrected chi connectivity index (χ2v) is 5.34. The largest absolute Gasteiger partial charge is 0.488 e. The zero-order valence-corrected chi connectivity index (χ0v) is 11.9. The van der Waals surface area contributed by atoms with E-state index in [-0.39, 0.29) is 5.69 Å². The van der Waals surface area contributed by atoms with Gasteiger partial charge in [0, 0.05) is 17.8 Å². The molecule has 0 unspecified atom stereocenters. The first-order valence-electron chi connectivity index (χ1n) is 5.81. The molecule has 0 amide bonds.